The Morgan fingerprint density at radius 2 is 1.43 bits per heavy atom. The number of hydrogen-bond donors (Lipinski definition) is 1. The van der Waals surface area contributed by atoms with Crippen LogP contribution in [0.3, 0.4) is 0 Å². The van der Waals surface area contributed by atoms with Crippen LogP contribution in [0.25, 0.3) is 11.1 Å². The van der Waals surface area contributed by atoms with E-state index in [0.29, 0.717) is 23.4 Å². The zero-order chi connectivity index (χ0) is 24.6. The number of carbonyl (C=O) groups is 2. The fraction of sp³-hybridized carbons (Fsp3) is 0.133. The summed E-state index contributed by atoms with van der Waals surface area (Å²) in [4.78, 5) is 27.5. The van der Waals surface area contributed by atoms with E-state index in [9.17, 15) is 9.59 Å². The second-order valence-electron chi connectivity index (χ2n) is 8.17. The molecule has 4 aromatic carbocycles. The molecular weight excluding hydrogens is 436 g/mol. The van der Waals surface area contributed by atoms with Gasteiger partial charge in [-0.15, -0.1) is 0 Å². The van der Waals surface area contributed by atoms with E-state index in [-0.39, 0.29) is 11.8 Å². The highest BCUT2D eigenvalue weighted by Crippen LogP contribution is 2.23. The lowest BCUT2D eigenvalue weighted by Crippen LogP contribution is -2.32. The van der Waals surface area contributed by atoms with E-state index in [4.69, 9.17) is 4.74 Å². The van der Waals surface area contributed by atoms with Crippen LogP contribution in [0.15, 0.2) is 109 Å². The number of rotatable bonds is 8. The minimum Gasteiger partial charge on any atom is -0.481 e. The summed E-state index contributed by atoms with van der Waals surface area (Å²) in [5, 5.41) is 2.89. The SMILES string of the molecule is CCC(Oc1ccc(-c2ccccc2)cc1)C(=O)Nc1cccc(C(=O)N(C)c2ccccc2)c1. The summed E-state index contributed by atoms with van der Waals surface area (Å²) >= 11 is 0. The molecule has 5 heteroatoms. The van der Waals surface area contributed by atoms with Gasteiger partial charge in [-0.25, -0.2) is 0 Å². The van der Waals surface area contributed by atoms with Gasteiger partial charge in [-0.2, -0.15) is 0 Å². The lowest BCUT2D eigenvalue weighted by molar-refractivity contribution is -0.122. The van der Waals surface area contributed by atoms with Gasteiger partial charge in [0.15, 0.2) is 6.10 Å². The van der Waals surface area contributed by atoms with Crippen molar-refractivity contribution in [3.8, 4) is 16.9 Å². The van der Waals surface area contributed by atoms with E-state index < -0.39 is 6.10 Å². The minimum absolute atomic E-state index is 0.158. The first-order chi connectivity index (χ1) is 17.0. The van der Waals surface area contributed by atoms with Crippen LogP contribution in [0.5, 0.6) is 5.75 Å². The predicted molar refractivity (Wildman–Crippen MR) is 141 cm³/mol. The molecule has 0 radical (unpaired) electrons. The molecule has 2 amide bonds. The van der Waals surface area contributed by atoms with Crippen molar-refractivity contribution in [1.29, 1.82) is 0 Å². The first-order valence-corrected chi connectivity index (χ1v) is 11.6. The van der Waals surface area contributed by atoms with Crippen LogP contribution in [0, 0.1) is 0 Å². The van der Waals surface area contributed by atoms with Crippen molar-refractivity contribution in [3.63, 3.8) is 0 Å². The standard InChI is InChI=1S/C30H28N2O3/c1-3-28(35-27-19-17-23(18-20-27)22-11-6-4-7-12-22)29(33)31-25-14-10-13-24(21-25)30(34)32(2)26-15-8-5-9-16-26/h4-21,28H,3H2,1-2H3,(H,31,33). The van der Waals surface area contributed by atoms with Gasteiger partial charge in [0.25, 0.3) is 11.8 Å². The smallest absolute Gasteiger partial charge is 0.265 e. The third kappa shape index (κ3) is 5.95. The Labute approximate surface area is 206 Å². The number of anilines is 2. The number of para-hydroxylation sites is 1. The number of amides is 2. The normalized spacial score (nSPS) is 11.4. The van der Waals surface area contributed by atoms with E-state index in [1.54, 1.807) is 36.2 Å². The Kier molecular flexibility index (Phi) is 7.58. The molecule has 0 saturated heterocycles. The summed E-state index contributed by atoms with van der Waals surface area (Å²) < 4.78 is 5.98. The fourth-order valence-electron chi connectivity index (χ4n) is 3.76. The summed E-state index contributed by atoms with van der Waals surface area (Å²) in [5.41, 5.74) is 4.03. The number of nitrogens with zero attached hydrogens (tertiary/aromatic N) is 1. The van der Waals surface area contributed by atoms with Crippen molar-refractivity contribution in [2.24, 2.45) is 0 Å². The minimum atomic E-state index is -0.663. The summed E-state index contributed by atoms with van der Waals surface area (Å²) in [6, 6.07) is 34.1. The Bertz CT molecular complexity index is 1270. The van der Waals surface area contributed by atoms with Crippen LogP contribution in [0.2, 0.25) is 0 Å². The Morgan fingerprint density at radius 1 is 0.800 bits per heavy atom. The first-order valence-electron chi connectivity index (χ1n) is 11.6. The molecule has 0 saturated carbocycles. The van der Waals surface area contributed by atoms with E-state index in [0.717, 1.165) is 16.8 Å². The average molecular weight is 465 g/mol. The molecule has 0 heterocycles. The molecule has 1 atom stereocenters. The van der Waals surface area contributed by atoms with Gasteiger partial charge in [0.05, 0.1) is 0 Å². The number of benzene rings is 4. The average Bonchev–Trinajstić information content (AvgIpc) is 2.92. The molecule has 35 heavy (non-hydrogen) atoms. The van der Waals surface area contributed by atoms with E-state index in [1.165, 1.54) is 0 Å². The van der Waals surface area contributed by atoms with Crippen molar-refractivity contribution >= 4 is 23.2 Å². The topological polar surface area (TPSA) is 58.6 Å². The van der Waals surface area contributed by atoms with E-state index >= 15 is 0 Å². The van der Waals surface area contributed by atoms with Crippen molar-refractivity contribution in [1.82, 2.24) is 0 Å². The lowest BCUT2D eigenvalue weighted by atomic mass is 10.1. The second kappa shape index (κ2) is 11.2. The molecule has 4 rings (SSSR count). The monoisotopic (exact) mass is 464 g/mol. The molecule has 0 bridgehead atoms. The first kappa shape index (κ1) is 23.8. The highest BCUT2D eigenvalue weighted by molar-refractivity contribution is 6.06. The van der Waals surface area contributed by atoms with Crippen LogP contribution in [-0.2, 0) is 4.79 Å². The van der Waals surface area contributed by atoms with Gasteiger partial charge in [0.1, 0.15) is 5.75 Å². The van der Waals surface area contributed by atoms with Crippen molar-refractivity contribution in [2.75, 3.05) is 17.3 Å². The van der Waals surface area contributed by atoms with Crippen molar-refractivity contribution in [2.45, 2.75) is 19.4 Å². The summed E-state index contributed by atoms with van der Waals surface area (Å²) in [6.07, 6.45) is -0.161. The molecule has 0 aliphatic heterocycles. The second-order valence-corrected chi connectivity index (χ2v) is 8.17. The maximum Gasteiger partial charge on any atom is 0.265 e. The molecule has 0 aliphatic rings. The molecule has 0 fully saturated rings. The van der Waals surface area contributed by atoms with Crippen LogP contribution in [0.4, 0.5) is 11.4 Å². The van der Waals surface area contributed by atoms with Gasteiger partial charge in [-0.3, -0.25) is 9.59 Å². The van der Waals surface area contributed by atoms with Gasteiger partial charge in [-0.1, -0.05) is 73.7 Å². The Balaban J connectivity index is 1.41. The third-order valence-electron chi connectivity index (χ3n) is 5.73. The maximum absolute atomic E-state index is 12.9. The number of hydrogen-bond acceptors (Lipinski definition) is 3. The molecule has 176 valence electrons. The third-order valence-corrected chi connectivity index (χ3v) is 5.73. The highest BCUT2D eigenvalue weighted by Gasteiger charge is 2.20. The molecular formula is C30H28N2O3. The molecule has 1 unspecified atom stereocenters. The number of nitrogens with one attached hydrogen (secondary N) is 1. The van der Waals surface area contributed by atoms with Gasteiger partial charge < -0.3 is 15.0 Å². The van der Waals surface area contributed by atoms with Gasteiger partial charge in [-0.05, 0) is 60.0 Å². The summed E-state index contributed by atoms with van der Waals surface area (Å²) in [5.74, 6) is 0.204. The molecule has 5 nitrogen and oxygen atoms in total. The van der Waals surface area contributed by atoms with Crippen LogP contribution >= 0.6 is 0 Å². The van der Waals surface area contributed by atoms with Crippen molar-refractivity contribution < 1.29 is 14.3 Å². The summed E-state index contributed by atoms with van der Waals surface area (Å²) in [7, 11) is 1.73. The highest BCUT2D eigenvalue weighted by atomic mass is 16.5. The van der Waals surface area contributed by atoms with Gasteiger partial charge >= 0.3 is 0 Å². The van der Waals surface area contributed by atoms with Gasteiger partial charge in [0, 0.05) is 24.0 Å². The van der Waals surface area contributed by atoms with Crippen LogP contribution in [0.1, 0.15) is 23.7 Å². The largest absolute Gasteiger partial charge is 0.481 e. The molecule has 4 aromatic rings. The fourth-order valence-corrected chi connectivity index (χ4v) is 3.76. The zero-order valence-electron chi connectivity index (χ0n) is 19.8. The zero-order valence-corrected chi connectivity index (χ0v) is 19.8. The van der Waals surface area contributed by atoms with Crippen molar-refractivity contribution in [3.05, 3.63) is 115 Å². The van der Waals surface area contributed by atoms with Crippen LogP contribution < -0.4 is 15.0 Å². The maximum atomic E-state index is 12.9. The molecule has 0 aliphatic carbocycles. The van der Waals surface area contributed by atoms with E-state index in [1.807, 2.05) is 79.7 Å². The lowest BCUT2D eigenvalue weighted by Gasteiger charge is -2.19. The molecule has 0 aromatic heterocycles. The molecule has 1 N–H and O–H groups in total. The molecule has 0 spiro atoms. The predicted octanol–water partition coefficient (Wildman–Crippen LogP) is 6.43. The number of ether oxygens (including phenoxy) is 1. The van der Waals surface area contributed by atoms with E-state index in [2.05, 4.69) is 17.4 Å². The van der Waals surface area contributed by atoms with Crippen LogP contribution in [-0.4, -0.2) is 25.0 Å². The summed E-state index contributed by atoms with van der Waals surface area (Å²) in [6.45, 7) is 1.90. The Hall–Kier alpha value is -4.38. The van der Waals surface area contributed by atoms with Gasteiger partial charge in [0.2, 0.25) is 0 Å². The quantitative estimate of drug-likeness (QED) is 0.327. The number of carbonyl (C=O) groups excluding carboxylic acids is 2. The Morgan fingerprint density at radius 3 is 2.09 bits per heavy atom.